The number of fused-ring (bicyclic) bond motifs is 3. The van der Waals surface area contributed by atoms with Crippen molar-refractivity contribution in [3.05, 3.63) is 51.1 Å². The van der Waals surface area contributed by atoms with Crippen molar-refractivity contribution in [2.24, 2.45) is 17.6 Å². The van der Waals surface area contributed by atoms with E-state index in [2.05, 4.69) is 27.1 Å². The summed E-state index contributed by atoms with van der Waals surface area (Å²) in [5.74, 6) is 0.118. The molecule has 3 aromatic rings. The second-order valence-electron chi connectivity index (χ2n) is 7.86. The van der Waals surface area contributed by atoms with Crippen molar-refractivity contribution >= 4 is 28.1 Å². The number of primary amides is 1. The Balaban J connectivity index is 1.75. The highest BCUT2D eigenvalue weighted by atomic mass is 32.1. The van der Waals surface area contributed by atoms with Crippen molar-refractivity contribution in [3.8, 4) is 6.07 Å². The number of carbonyl (C=O) groups excluding carboxylic acids is 1. The normalized spacial score (nSPS) is 17.2. The number of hydrogen-bond acceptors (Lipinski definition) is 4. The summed E-state index contributed by atoms with van der Waals surface area (Å²) < 4.78 is 2.37. The molecular weight excluding hydrogens is 368 g/mol. The van der Waals surface area contributed by atoms with Gasteiger partial charge in [0.15, 0.2) is 0 Å². The minimum atomic E-state index is -0.223. The molecule has 0 radical (unpaired) electrons. The van der Waals surface area contributed by atoms with Gasteiger partial charge < -0.3 is 10.3 Å². The third kappa shape index (κ3) is 3.43. The van der Waals surface area contributed by atoms with Crippen molar-refractivity contribution in [1.82, 2.24) is 9.55 Å². The van der Waals surface area contributed by atoms with Gasteiger partial charge in [-0.15, -0.1) is 11.3 Å². The molecule has 2 N–H and O–H groups in total. The first kappa shape index (κ1) is 18.7. The maximum absolute atomic E-state index is 11.5. The smallest absolute Gasteiger partial charge is 0.220 e. The van der Waals surface area contributed by atoms with E-state index in [1.165, 1.54) is 16.8 Å². The molecule has 0 aliphatic heterocycles. The molecule has 1 amide bonds. The number of carbonyl (C=O) groups is 1. The second kappa shape index (κ2) is 7.40. The maximum atomic E-state index is 11.5. The molecule has 4 rings (SSSR count). The number of rotatable bonds is 5. The SMILES string of the molecule is Cc1nc(Cn2c3c(c4cc(C#N)ccc42)CC(CC(C)C(N)=O)CC3)cs1. The van der Waals surface area contributed by atoms with Gasteiger partial charge in [0.1, 0.15) is 0 Å². The fraction of sp³-hybridized carbons (Fsp3) is 0.409. The van der Waals surface area contributed by atoms with Crippen LogP contribution in [-0.4, -0.2) is 15.5 Å². The zero-order valence-electron chi connectivity index (χ0n) is 16.2. The quantitative estimate of drug-likeness (QED) is 0.713. The van der Waals surface area contributed by atoms with Crippen molar-refractivity contribution in [1.29, 1.82) is 5.26 Å². The Labute approximate surface area is 168 Å². The Hall–Kier alpha value is -2.65. The standard InChI is InChI=1S/C22H24N4OS/c1-13(22(24)27)7-15-3-5-20-18(8-15)19-9-16(10-23)4-6-21(19)26(20)11-17-12-28-14(2)25-17/h4,6,9,12-13,15H,3,5,7-8,11H2,1-2H3,(H2,24,27). The lowest BCUT2D eigenvalue weighted by Gasteiger charge is -2.25. The Morgan fingerprint density at radius 2 is 2.32 bits per heavy atom. The van der Waals surface area contributed by atoms with Crippen LogP contribution in [0.5, 0.6) is 0 Å². The lowest BCUT2D eigenvalue weighted by atomic mass is 9.81. The number of aryl methyl sites for hydroxylation is 1. The first-order chi connectivity index (χ1) is 13.5. The molecule has 0 bridgehead atoms. The van der Waals surface area contributed by atoms with Crippen molar-refractivity contribution in [2.45, 2.75) is 46.1 Å². The van der Waals surface area contributed by atoms with E-state index in [4.69, 9.17) is 5.73 Å². The molecule has 0 saturated carbocycles. The van der Waals surface area contributed by atoms with Crippen LogP contribution in [0, 0.1) is 30.1 Å². The number of nitrogens with zero attached hydrogens (tertiary/aromatic N) is 3. The summed E-state index contributed by atoms with van der Waals surface area (Å²) in [6, 6.07) is 8.23. The number of nitrogens with two attached hydrogens (primary N) is 1. The predicted octanol–water partition coefficient (Wildman–Crippen LogP) is 3.94. The van der Waals surface area contributed by atoms with Gasteiger partial charge in [-0.3, -0.25) is 4.79 Å². The average Bonchev–Trinajstić information content (AvgIpc) is 3.23. The van der Waals surface area contributed by atoms with Crippen LogP contribution in [0.2, 0.25) is 0 Å². The minimum absolute atomic E-state index is 0.104. The molecule has 0 spiro atoms. The zero-order chi connectivity index (χ0) is 19.8. The third-order valence-corrected chi connectivity index (χ3v) is 6.68. The van der Waals surface area contributed by atoms with Crippen LogP contribution in [-0.2, 0) is 24.2 Å². The number of aromatic nitrogens is 2. The van der Waals surface area contributed by atoms with Gasteiger partial charge in [0.2, 0.25) is 5.91 Å². The molecule has 1 aliphatic carbocycles. The van der Waals surface area contributed by atoms with Crippen LogP contribution in [0.1, 0.15) is 47.3 Å². The molecule has 2 unspecified atom stereocenters. The highest BCUT2D eigenvalue weighted by molar-refractivity contribution is 7.09. The summed E-state index contributed by atoms with van der Waals surface area (Å²) in [6.45, 7) is 4.70. The molecule has 2 atom stereocenters. The maximum Gasteiger partial charge on any atom is 0.220 e. The van der Waals surface area contributed by atoms with Gasteiger partial charge in [0, 0.05) is 27.9 Å². The lowest BCUT2D eigenvalue weighted by molar-refractivity contribution is -0.121. The number of hydrogen-bond donors (Lipinski definition) is 1. The number of amides is 1. The minimum Gasteiger partial charge on any atom is -0.369 e. The molecular formula is C22H24N4OS. The van der Waals surface area contributed by atoms with Crippen LogP contribution in [0.3, 0.4) is 0 Å². The van der Waals surface area contributed by atoms with E-state index in [0.717, 1.165) is 48.3 Å². The molecule has 28 heavy (non-hydrogen) atoms. The molecule has 2 aromatic heterocycles. The summed E-state index contributed by atoms with van der Waals surface area (Å²) in [6.07, 6.45) is 3.79. The monoisotopic (exact) mass is 392 g/mol. The Kier molecular flexibility index (Phi) is 4.94. The molecule has 144 valence electrons. The topological polar surface area (TPSA) is 84.7 Å². The van der Waals surface area contributed by atoms with Crippen LogP contribution in [0.15, 0.2) is 23.6 Å². The highest BCUT2D eigenvalue weighted by Crippen LogP contribution is 2.37. The Bertz CT molecular complexity index is 1090. The van der Waals surface area contributed by atoms with Gasteiger partial charge in [-0.05, 0) is 62.3 Å². The van der Waals surface area contributed by atoms with E-state index in [1.807, 2.05) is 26.0 Å². The molecule has 1 aromatic carbocycles. The average molecular weight is 393 g/mol. The van der Waals surface area contributed by atoms with E-state index in [9.17, 15) is 10.1 Å². The zero-order valence-corrected chi connectivity index (χ0v) is 17.1. The second-order valence-corrected chi connectivity index (χ2v) is 8.92. The Morgan fingerprint density at radius 1 is 1.50 bits per heavy atom. The van der Waals surface area contributed by atoms with Gasteiger partial charge in [0.25, 0.3) is 0 Å². The summed E-state index contributed by atoms with van der Waals surface area (Å²) in [5.41, 5.74) is 11.1. The van der Waals surface area contributed by atoms with E-state index < -0.39 is 0 Å². The molecule has 0 saturated heterocycles. The van der Waals surface area contributed by atoms with E-state index in [0.29, 0.717) is 11.5 Å². The van der Waals surface area contributed by atoms with Crippen LogP contribution in [0.4, 0.5) is 0 Å². The van der Waals surface area contributed by atoms with Gasteiger partial charge >= 0.3 is 0 Å². The first-order valence-electron chi connectivity index (χ1n) is 9.70. The van der Waals surface area contributed by atoms with E-state index in [1.54, 1.807) is 11.3 Å². The number of benzene rings is 1. The fourth-order valence-corrected chi connectivity index (χ4v) is 5.04. The van der Waals surface area contributed by atoms with Crippen molar-refractivity contribution in [2.75, 3.05) is 0 Å². The third-order valence-electron chi connectivity index (χ3n) is 5.86. The summed E-state index contributed by atoms with van der Waals surface area (Å²) >= 11 is 1.67. The molecule has 6 heteroatoms. The summed E-state index contributed by atoms with van der Waals surface area (Å²) in [7, 11) is 0. The predicted molar refractivity (Wildman–Crippen MR) is 111 cm³/mol. The number of thiazole rings is 1. The fourth-order valence-electron chi connectivity index (χ4n) is 4.43. The molecule has 2 heterocycles. The van der Waals surface area contributed by atoms with Gasteiger partial charge in [0.05, 0.1) is 28.9 Å². The van der Waals surface area contributed by atoms with Crippen LogP contribution in [0.25, 0.3) is 10.9 Å². The van der Waals surface area contributed by atoms with Gasteiger partial charge in [-0.2, -0.15) is 5.26 Å². The highest BCUT2D eigenvalue weighted by Gasteiger charge is 2.27. The first-order valence-corrected chi connectivity index (χ1v) is 10.6. The van der Waals surface area contributed by atoms with Crippen molar-refractivity contribution in [3.63, 3.8) is 0 Å². The van der Waals surface area contributed by atoms with Crippen molar-refractivity contribution < 1.29 is 4.79 Å². The summed E-state index contributed by atoms with van der Waals surface area (Å²) in [5, 5.41) is 13.7. The lowest BCUT2D eigenvalue weighted by Crippen LogP contribution is -2.25. The van der Waals surface area contributed by atoms with Crippen LogP contribution < -0.4 is 5.73 Å². The number of nitriles is 1. The Morgan fingerprint density at radius 3 is 3.00 bits per heavy atom. The van der Waals surface area contributed by atoms with Gasteiger partial charge in [-0.1, -0.05) is 6.92 Å². The molecule has 5 nitrogen and oxygen atoms in total. The molecule has 0 fully saturated rings. The van der Waals surface area contributed by atoms with E-state index >= 15 is 0 Å². The van der Waals surface area contributed by atoms with Crippen LogP contribution >= 0.6 is 11.3 Å². The van der Waals surface area contributed by atoms with E-state index in [-0.39, 0.29) is 11.8 Å². The summed E-state index contributed by atoms with van der Waals surface area (Å²) in [4.78, 5) is 16.1. The largest absolute Gasteiger partial charge is 0.369 e. The van der Waals surface area contributed by atoms with Gasteiger partial charge in [-0.25, -0.2) is 4.98 Å². The molecule has 1 aliphatic rings.